The Morgan fingerprint density at radius 3 is 2.89 bits per heavy atom. The molecule has 0 bridgehead atoms. The number of amides is 1. The zero-order valence-corrected chi connectivity index (χ0v) is 11.5. The Balaban J connectivity index is 2.17. The van der Waals surface area contributed by atoms with E-state index < -0.39 is 5.82 Å². The molecule has 0 spiro atoms. The largest absolute Gasteiger partial charge is 0.336 e. The van der Waals surface area contributed by atoms with Gasteiger partial charge in [0.25, 0.3) is 5.91 Å². The molecular formula is C13H12FNOS2. The van der Waals surface area contributed by atoms with E-state index >= 15 is 0 Å². The molecule has 0 aliphatic heterocycles. The fourth-order valence-corrected chi connectivity index (χ4v) is 2.55. The van der Waals surface area contributed by atoms with Crippen molar-refractivity contribution < 1.29 is 9.18 Å². The molecule has 0 N–H and O–H groups in total. The van der Waals surface area contributed by atoms with Gasteiger partial charge in [-0.25, -0.2) is 4.39 Å². The first-order chi connectivity index (χ1) is 8.58. The van der Waals surface area contributed by atoms with Gasteiger partial charge < -0.3 is 4.90 Å². The molecular weight excluding hydrogens is 269 g/mol. The molecule has 2 rings (SSSR count). The summed E-state index contributed by atoms with van der Waals surface area (Å²) in [5, 5.41) is 1.95. The molecule has 18 heavy (non-hydrogen) atoms. The van der Waals surface area contributed by atoms with Gasteiger partial charge in [-0.2, -0.15) is 0 Å². The summed E-state index contributed by atoms with van der Waals surface area (Å²) in [5.41, 5.74) is 0.0570. The second-order valence-corrected chi connectivity index (χ2v) is 5.45. The summed E-state index contributed by atoms with van der Waals surface area (Å²) in [4.78, 5) is 15.2. The standard InChI is InChI=1S/C13H12FNOS2/c1-15(8-10-3-2-6-18-10)13(16)11-7-9(17)4-5-12(11)14/h2-7,17H,8H2,1H3. The second-order valence-electron chi connectivity index (χ2n) is 3.90. The number of halogens is 1. The molecule has 1 amide bonds. The number of thiol groups is 1. The highest BCUT2D eigenvalue weighted by atomic mass is 32.1. The van der Waals surface area contributed by atoms with Crippen LogP contribution in [0.3, 0.4) is 0 Å². The zero-order chi connectivity index (χ0) is 13.1. The van der Waals surface area contributed by atoms with E-state index in [-0.39, 0.29) is 11.5 Å². The SMILES string of the molecule is CN(Cc1cccs1)C(=O)c1cc(S)ccc1F. The van der Waals surface area contributed by atoms with Crippen LogP contribution in [0.4, 0.5) is 4.39 Å². The second kappa shape index (κ2) is 5.54. The van der Waals surface area contributed by atoms with Crippen molar-refractivity contribution in [1.29, 1.82) is 0 Å². The molecule has 0 saturated heterocycles. The Hall–Kier alpha value is -1.33. The highest BCUT2D eigenvalue weighted by Gasteiger charge is 2.16. The molecule has 1 aromatic carbocycles. The topological polar surface area (TPSA) is 20.3 Å². The minimum absolute atomic E-state index is 0.0570. The Morgan fingerprint density at radius 1 is 1.44 bits per heavy atom. The van der Waals surface area contributed by atoms with Crippen molar-refractivity contribution in [2.45, 2.75) is 11.4 Å². The zero-order valence-electron chi connectivity index (χ0n) is 9.76. The third kappa shape index (κ3) is 2.91. The quantitative estimate of drug-likeness (QED) is 0.854. The average Bonchev–Trinajstić information content (AvgIpc) is 2.84. The molecule has 0 atom stereocenters. The van der Waals surface area contributed by atoms with E-state index in [4.69, 9.17) is 0 Å². The van der Waals surface area contributed by atoms with E-state index in [2.05, 4.69) is 12.6 Å². The van der Waals surface area contributed by atoms with Gasteiger partial charge in [-0.3, -0.25) is 4.79 Å². The van der Waals surface area contributed by atoms with Crippen LogP contribution in [-0.2, 0) is 6.54 Å². The van der Waals surface area contributed by atoms with Crippen LogP contribution >= 0.6 is 24.0 Å². The maximum atomic E-state index is 13.6. The van der Waals surface area contributed by atoms with Crippen molar-refractivity contribution in [3.8, 4) is 0 Å². The van der Waals surface area contributed by atoms with Crippen molar-refractivity contribution in [1.82, 2.24) is 4.90 Å². The fraction of sp³-hybridized carbons (Fsp3) is 0.154. The van der Waals surface area contributed by atoms with Crippen molar-refractivity contribution in [3.63, 3.8) is 0 Å². The number of rotatable bonds is 3. The average molecular weight is 281 g/mol. The highest BCUT2D eigenvalue weighted by molar-refractivity contribution is 7.80. The lowest BCUT2D eigenvalue weighted by molar-refractivity contribution is 0.0781. The predicted molar refractivity (Wildman–Crippen MR) is 73.8 cm³/mol. The van der Waals surface area contributed by atoms with Gasteiger partial charge in [-0.05, 0) is 29.6 Å². The van der Waals surface area contributed by atoms with Crippen LogP contribution < -0.4 is 0 Å². The highest BCUT2D eigenvalue weighted by Crippen LogP contribution is 2.17. The van der Waals surface area contributed by atoms with Gasteiger partial charge >= 0.3 is 0 Å². The molecule has 2 aromatic rings. The molecule has 2 nitrogen and oxygen atoms in total. The summed E-state index contributed by atoms with van der Waals surface area (Å²) in [7, 11) is 1.66. The molecule has 0 saturated carbocycles. The molecule has 0 unspecified atom stereocenters. The first-order valence-electron chi connectivity index (χ1n) is 5.34. The van der Waals surface area contributed by atoms with Gasteiger partial charge in [0, 0.05) is 16.8 Å². The monoisotopic (exact) mass is 281 g/mol. The number of carbonyl (C=O) groups excluding carboxylic acids is 1. The van der Waals surface area contributed by atoms with Crippen LogP contribution in [0.15, 0.2) is 40.6 Å². The number of carbonyl (C=O) groups is 1. The van der Waals surface area contributed by atoms with E-state index in [0.717, 1.165) is 4.88 Å². The van der Waals surface area contributed by atoms with Crippen LogP contribution in [0, 0.1) is 5.82 Å². The lowest BCUT2D eigenvalue weighted by atomic mass is 10.2. The summed E-state index contributed by atoms with van der Waals surface area (Å²) in [5.74, 6) is -0.854. The first-order valence-corrected chi connectivity index (χ1v) is 6.67. The molecule has 1 aromatic heterocycles. The van der Waals surface area contributed by atoms with Crippen LogP contribution in [0.2, 0.25) is 0 Å². The minimum Gasteiger partial charge on any atom is -0.336 e. The summed E-state index contributed by atoms with van der Waals surface area (Å²) < 4.78 is 13.6. The summed E-state index contributed by atoms with van der Waals surface area (Å²) in [6, 6.07) is 8.10. The number of hydrogen-bond donors (Lipinski definition) is 1. The van der Waals surface area contributed by atoms with Gasteiger partial charge in [0.2, 0.25) is 0 Å². The fourth-order valence-electron chi connectivity index (χ4n) is 1.59. The van der Waals surface area contributed by atoms with Gasteiger partial charge in [-0.1, -0.05) is 6.07 Å². The van der Waals surface area contributed by atoms with Crippen LogP contribution in [0.1, 0.15) is 15.2 Å². The molecule has 0 radical (unpaired) electrons. The maximum absolute atomic E-state index is 13.6. The Morgan fingerprint density at radius 2 is 2.22 bits per heavy atom. The van der Waals surface area contributed by atoms with Crippen molar-refractivity contribution in [2.24, 2.45) is 0 Å². The lowest BCUT2D eigenvalue weighted by Gasteiger charge is -2.16. The lowest BCUT2D eigenvalue weighted by Crippen LogP contribution is -2.26. The first kappa shape index (κ1) is 13.1. The molecule has 1 heterocycles. The van der Waals surface area contributed by atoms with Crippen LogP contribution in [0.25, 0.3) is 0 Å². The molecule has 0 aliphatic rings. The van der Waals surface area contributed by atoms with Gasteiger partial charge in [0.05, 0.1) is 12.1 Å². The number of thiophene rings is 1. The summed E-state index contributed by atoms with van der Waals surface area (Å²) in [6.45, 7) is 0.479. The van der Waals surface area contributed by atoms with E-state index in [9.17, 15) is 9.18 Å². The summed E-state index contributed by atoms with van der Waals surface area (Å²) in [6.07, 6.45) is 0. The molecule has 0 aliphatic carbocycles. The minimum atomic E-state index is -0.518. The number of benzene rings is 1. The van der Waals surface area contributed by atoms with E-state index in [0.29, 0.717) is 11.4 Å². The van der Waals surface area contributed by atoms with Crippen LogP contribution in [-0.4, -0.2) is 17.9 Å². The van der Waals surface area contributed by atoms with E-state index in [1.807, 2.05) is 17.5 Å². The Labute approximate surface area is 114 Å². The molecule has 94 valence electrons. The Kier molecular flexibility index (Phi) is 4.04. The van der Waals surface area contributed by atoms with Gasteiger partial charge in [0.15, 0.2) is 0 Å². The third-order valence-electron chi connectivity index (χ3n) is 2.50. The van der Waals surface area contributed by atoms with E-state index in [1.54, 1.807) is 18.4 Å². The number of hydrogen-bond acceptors (Lipinski definition) is 3. The summed E-state index contributed by atoms with van der Waals surface area (Å²) >= 11 is 5.69. The van der Waals surface area contributed by atoms with Gasteiger partial charge in [0.1, 0.15) is 5.82 Å². The molecule has 5 heteroatoms. The van der Waals surface area contributed by atoms with E-state index in [1.165, 1.54) is 23.1 Å². The smallest absolute Gasteiger partial charge is 0.256 e. The number of nitrogens with zero attached hydrogens (tertiary/aromatic N) is 1. The normalized spacial score (nSPS) is 10.4. The third-order valence-corrected chi connectivity index (χ3v) is 3.64. The van der Waals surface area contributed by atoms with Crippen LogP contribution in [0.5, 0.6) is 0 Å². The van der Waals surface area contributed by atoms with Crippen molar-refractivity contribution in [2.75, 3.05) is 7.05 Å². The van der Waals surface area contributed by atoms with Gasteiger partial charge in [-0.15, -0.1) is 24.0 Å². The predicted octanol–water partition coefficient (Wildman–Crippen LogP) is 3.45. The van der Waals surface area contributed by atoms with Crippen molar-refractivity contribution in [3.05, 3.63) is 52.0 Å². The Bertz CT molecular complexity index is 554. The molecule has 0 fully saturated rings. The van der Waals surface area contributed by atoms with Crippen molar-refractivity contribution >= 4 is 29.9 Å². The maximum Gasteiger partial charge on any atom is 0.256 e.